The molecule has 0 aliphatic carbocycles. The van der Waals surface area contributed by atoms with Gasteiger partial charge in [0.05, 0.1) is 26.6 Å². The summed E-state index contributed by atoms with van der Waals surface area (Å²) >= 11 is 0. The zero-order valence-electron chi connectivity index (χ0n) is 20.5. The number of aryl methyl sites for hydroxylation is 1. The van der Waals surface area contributed by atoms with E-state index in [9.17, 15) is 9.59 Å². The summed E-state index contributed by atoms with van der Waals surface area (Å²) in [6, 6.07) is 21.8. The van der Waals surface area contributed by atoms with Crippen molar-refractivity contribution >= 4 is 11.9 Å². The average molecular weight is 460 g/mol. The predicted molar refractivity (Wildman–Crippen MR) is 135 cm³/mol. The average Bonchev–Trinajstić information content (AvgIpc) is 2.83. The van der Waals surface area contributed by atoms with E-state index < -0.39 is 0 Å². The molecule has 0 atom stereocenters. The number of benzene rings is 3. The molecular formula is C29H33NO4. The molecule has 3 aromatic carbocycles. The van der Waals surface area contributed by atoms with Crippen molar-refractivity contribution in [1.82, 2.24) is 4.90 Å². The van der Waals surface area contributed by atoms with E-state index in [2.05, 4.69) is 18.2 Å². The maximum absolute atomic E-state index is 13.1. The minimum Gasteiger partial charge on any atom is -0.496 e. The van der Waals surface area contributed by atoms with E-state index in [1.807, 2.05) is 67.3 Å². The van der Waals surface area contributed by atoms with E-state index in [1.165, 1.54) is 0 Å². The predicted octanol–water partition coefficient (Wildman–Crippen LogP) is 5.37. The summed E-state index contributed by atoms with van der Waals surface area (Å²) in [4.78, 5) is 27.0. The van der Waals surface area contributed by atoms with E-state index in [1.54, 1.807) is 14.0 Å². The van der Waals surface area contributed by atoms with Gasteiger partial charge in [-0.25, -0.2) is 0 Å². The zero-order valence-corrected chi connectivity index (χ0v) is 20.5. The quantitative estimate of drug-likeness (QED) is 0.383. The molecule has 0 bridgehead atoms. The van der Waals surface area contributed by atoms with Gasteiger partial charge in [0.25, 0.3) is 0 Å². The zero-order chi connectivity index (χ0) is 24.5. The highest BCUT2D eigenvalue weighted by Gasteiger charge is 2.18. The number of carbonyl (C=O) groups is 2. The van der Waals surface area contributed by atoms with Crippen molar-refractivity contribution in [2.45, 2.75) is 40.2 Å². The highest BCUT2D eigenvalue weighted by molar-refractivity contribution is 5.80. The van der Waals surface area contributed by atoms with Crippen LogP contribution in [0.3, 0.4) is 0 Å². The molecule has 0 fully saturated rings. The van der Waals surface area contributed by atoms with Crippen LogP contribution in [0.15, 0.2) is 66.7 Å². The molecule has 0 heterocycles. The number of nitrogens with zero attached hydrogens (tertiary/aromatic N) is 1. The van der Waals surface area contributed by atoms with Crippen LogP contribution in [0.5, 0.6) is 5.75 Å². The van der Waals surface area contributed by atoms with E-state index in [0.717, 1.165) is 39.1 Å². The van der Waals surface area contributed by atoms with Crippen molar-refractivity contribution in [3.63, 3.8) is 0 Å². The summed E-state index contributed by atoms with van der Waals surface area (Å²) < 4.78 is 10.8. The lowest BCUT2D eigenvalue weighted by Gasteiger charge is -2.24. The summed E-state index contributed by atoms with van der Waals surface area (Å²) in [5.74, 6) is 0.548. The van der Waals surface area contributed by atoms with Crippen LogP contribution in [0.4, 0.5) is 0 Å². The molecule has 0 saturated heterocycles. The van der Waals surface area contributed by atoms with Gasteiger partial charge >= 0.3 is 5.97 Å². The molecule has 5 nitrogen and oxygen atoms in total. The number of likely N-dealkylation sites (N-methyl/N-ethyl adjacent to an activating group) is 1. The Labute approximate surface area is 202 Å². The van der Waals surface area contributed by atoms with Gasteiger partial charge in [-0.05, 0) is 55.2 Å². The number of hydrogen-bond acceptors (Lipinski definition) is 4. The lowest BCUT2D eigenvalue weighted by Crippen LogP contribution is -2.31. The lowest BCUT2D eigenvalue weighted by atomic mass is 9.94. The smallest absolute Gasteiger partial charge is 0.310 e. The second-order valence-corrected chi connectivity index (χ2v) is 8.25. The molecule has 3 rings (SSSR count). The monoisotopic (exact) mass is 459 g/mol. The Hall–Kier alpha value is -3.60. The summed E-state index contributed by atoms with van der Waals surface area (Å²) in [6.07, 6.45) is 0.566. The van der Waals surface area contributed by atoms with Gasteiger partial charge in [0.2, 0.25) is 5.91 Å². The summed E-state index contributed by atoms with van der Waals surface area (Å²) in [7, 11) is 1.64. The molecule has 3 aromatic rings. The fourth-order valence-electron chi connectivity index (χ4n) is 4.03. The minimum absolute atomic E-state index is 0.0872. The Morgan fingerprint density at radius 3 is 2.29 bits per heavy atom. The Kier molecular flexibility index (Phi) is 8.86. The summed E-state index contributed by atoms with van der Waals surface area (Å²) in [6.45, 7) is 7.30. The van der Waals surface area contributed by atoms with Gasteiger partial charge in [0.15, 0.2) is 0 Å². The molecule has 0 saturated carbocycles. The van der Waals surface area contributed by atoms with Gasteiger partial charge in [-0.3, -0.25) is 9.59 Å². The molecule has 0 aromatic heterocycles. The first-order valence-corrected chi connectivity index (χ1v) is 11.7. The maximum atomic E-state index is 13.1. The van der Waals surface area contributed by atoms with E-state index >= 15 is 0 Å². The Morgan fingerprint density at radius 2 is 1.62 bits per heavy atom. The molecule has 34 heavy (non-hydrogen) atoms. The van der Waals surface area contributed by atoms with Crippen molar-refractivity contribution < 1.29 is 19.1 Å². The van der Waals surface area contributed by atoms with Crippen LogP contribution in [-0.2, 0) is 33.7 Å². The Balaban J connectivity index is 1.93. The van der Waals surface area contributed by atoms with Crippen molar-refractivity contribution in [2.75, 3.05) is 20.3 Å². The van der Waals surface area contributed by atoms with Gasteiger partial charge in [0, 0.05) is 18.7 Å². The lowest BCUT2D eigenvalue weighted by molar-refractivity contribution is -0.142. The standard InChI is InChI=1S/C29H33NO4/c1-5-30(28(31)18-22-10-8-7-9-11-22)20-24-16-21(3)12-14-25(24)26-17-23(13-15-27(26)33-4)19-29(32)34-6-2/h7-17H,5-6,18-20H2,1-4H3. The van der Waals surface area contributed by atoms with Gasteiger partial charge in [-0.2, -0.15) is 0 Å². The minimum atomic E-state index is -0.258. The largest absolute Gasteiger partial charge is 0.496 e. The van der Waals surface area contributed by atoms with Crippen LogP contribution in [-0.4, -0.2) is 37.0 Å². The molecular weight excluding hydrogens is 426 g/mol. The highest BCUT2D eigenvalue weighted by atomic mass is 16.5. The van der Waals surface area contributed by atoms with E-state index in [4.69, 9.17) is 9.47 Å². The van der Waals surface area contributed by atoms with Gasteiger partial charge in [0.1, 0.15) is 5.75 Å². The summed E-state index contributed by atoms with van der Waals surface area (Å²) in [5.41, 5.74) is 5.89. The first kappa shape index (κ1) is 25.0. The second kappa shape index (κ2) is 12.0. The Bertz CT molecular complexity index is 1120. The van der Waals surface area contributed by atoms with Gasteiger partial charge < -0.3 is 14.4 Å². The molecule has 0 radical (unpaired) electrons. The number of ether oxygens (including phenoxy) is 2. The molecule has 0 spiro atoms. The number of amides is 1. The topological polar surface area (TPSA) is 55.8 Å². The van der Waals surface area contributed by atoms with Crippen LogP contribution in [0.1, 0.15) is 36.1 Å². The van der Waals surface area contributed by atoms with Crippen molar-refractivity contribution in [1.29, 1.82) is 0 Å². The first-order valence-electron chi connectivity index (χ1n) is 11.7. The number of rotatable bonds is 10. The number of esters is 1. The van der Waals surface area contributed by atoms with Crippen molar-refractivity contribution in [2.24, 2.45) is 0 Å². The van der Waals surface area contributed by atoms with Crippen LogP contribution < -0.4 is 4.74 Å². The third-order valence-corrected chi connectivity index (χ3v) is 5.76. The van der Waals surface area contributed by atoms with Crippen molar-refractivity contribution in [3.8, 4) is 16.9 Å². The van der Waals surface area contributed by atoms with Crippen molar-refractivity contribution in [3.05, 3.63) is 89.0 Å². The number of hydrogen-bond donors (Lipinski definition) is 0. The highest BCUT2D eigenvalue weighted by Crippen LogP contribution is 2.34. The van der Waals surface area contributed by atoms with Crippen LogP contribution >= 0.6 is 0 Å². The molecule has 0 aliphatic heterocycles. The van der Waals surface area contributed by atoms with Crippen LogP contribution in [0.25, 0.3) is 11.1 Å². The fourth-order valence-corrected chi connectivity index (χ4v) is 4.03. The maximum Gasteiger partial charge on any atom is 0.310 e. The molecule has 0 N–H and O–H groups in total. The van der Waals surface area contributed by atoms with Crippen LogP contribution in [0, 0.1) is 6.92 Å². The summed E-state index contributed by atoms with van der Waals surface area (Å²) in [5, 5.41) is 0. The fraction of sp³-hybridized carbons (Fsp3) is 0.310. The number of methoxy groups -OCH3 is 1. The number of carbonyl (C=O) groups excluding carboxylic acids is 2. The molecule has 1 amide bonds. The molecule has 0 unspecified atom stereocenters. The normalized spacial score (nSPS) is 10.6. The second-order valence-electron chi connectivity index (χ2n) is 8.25. The van der Waals surface area contributed by atoms with E-state index in [0.29, 0.717) is 26.1 Å². The third kappa shape index (κ3) is 6.47. The Morgan fingerprint density at radius 1 is 0.853 bits per heavy atom. The van der Waals surface area contributed by atoms with E-state index in [-0.39, 0.29) is 18.3 Å². The first-order chi connectivity index (χ1) is 16.4. The van der Waals surface area contributed by atoms with Gasteiger partial charge in [-0.1, -0.05) is 60.2 Å². The van der Waals surface area contributed by atoms with Crippen LogP contribution in [0.2, 0.25) is 0 Å². The SMILES string of the molecule is CCOC(=O)Cc1ccc(OC)c(-c2ccc(C)cc2CN(CC)C(=O)Cc2ccccc2)c1. The molecule has 178 valence electrons. The van der Waals surface area contributed by atoms with Gasteiger partial charge in [-0.15, -0.1) is 0 Å². The molecule has 5 heteroatoms. The third-order valence-electron chi connectivity index (χ3n) is 5.76. The molecule has 0 aliphatic rings.